The van der Waals surface area contributed by atoms with Crippen molar-refractivity contribution in [1.29, 1.82) is 0 Å². The van der Waals surface area contributed by atoms with E-state index in [2.05, 4.69) is 0 Å². The molecule has 0 saturated heterocycles. The van der Waals surface area contributed by atoms with Gasteiger partial charge in [-0.1, -0.05) is 0 Å². The van der Waals surface area contributed by atoms with Crippen molar-refractivity contribution >= 4 is 17.7 Å². The summed E-state index contributed by atoms with van der Waals surface area (Å²) in [5.41, 5.74) is -1.02. The largest absolute Gasteiger partial charge is 0.466 e. The van der Waals surface area contributed by atoms with Crippen molar-refractivity contribution in [2.75, 3.05) is 12.4 Å². The van der Waals surface area contributed by atoms with Crippen molar-refractivity contribution < 1.29 is 14.6 Å². The van der Waals surface area contributed by atoms with Gasteiger partial charge < -0.3 is 9.84 Å². The lowest BCUT2D eigenvalue weighted by molar-refractivity contribution is -0.153. The van der Waals surface area contributed by atoms with Gasteiger partial charge in [-0.05, 0) is 25.3 Å². The average Bonchev–Trinajstić information content (AvgIpc) is 2.52. The molecule has 0 radical (unpaired) electrons. The predicted octanol–water partition coefficient (Wildman–Crippen LogP) is 1.18. The molecule has 1 N–H and O–H groups in total. The molecule has 1 heterocycles. The number of hydrogen-bond acceptors (Lipinski definition) is 4. The number of carbonyl (C=O) groups is 1. The smallest absolute Gasteiger partial charge is 0.311 e. The van der Waals surface area contributed by atoms with Crippen LogP contribution in [0.15, 0.2) is 11.5 Å². The first-order valence-corrected chi connectivity index (χ1v) is 5.33. The van der Waals surface area contributed by atoms with Crippen molar-refractivity contribution in [3.63, 3.8) is 0 Å². The van der Waals surface area contributed by atoms with Gasteiger partial charge >= 0.3 is 5.97 Å². The van der Waals surface area contributed by atoms with E-state index in [1.54, 1.807) is 19.9 Å². The summed E-state index contributed by atoms with van der Waals surface area (Å²) in [5, 5.41) is 11.8. The second-order valence-electron chi connectivity index (χ2n) is 3.08. The van der Waals surface area contributed by atoms with Crippen LogP contribution in [0.3, 0.4) is 0 Å². The summed E-state index contributed by atoms with van der Waals surface area (Å²) >= 11 is 1.51. The third-order valence-corrected chi connectivity index (χ3v) is 3.12. The molecular weight excluding hydrogens is 188 g/mol. The summed E-state index contributed by atoms with van der Waals surface area (Å²) in [6.07, 6.45) is 1.67. The molecule has 0 saturated carbocycles. The van der Waals surface area contributed by atoms with Crippen molar-refractivity contribution in [1.82, 2.24) is 0 Å². The molecule has 4 heteroatoms. The summed E-state index contributed by atoms with van der Waals surface area (Å²) < 4.78 is 4.84. The third kappa shape index (κ3) is 2.25. The van der Waals surface area contributed by atoms with Crippen LogP contribution in [0.5, 0.6) is 0 Å². The maximum absolute atomic E-state index is 11.3. The monoisotopic (exact) mass is 202 g/mol. The lowest BCUT2D eigenvalue weighted by Crippen LogP contribution is -2.40. The molecule has 0 amide bonds. The van der Waals surface area contributed by atoms with E-state index in [9.17, 15) is 9.90 Å². The van der Waals surface area contributed by atoms with E-state index in [0.29, 0.717) is 12.4 Å². The zero-order valence-corrected chi connectivity index (χ0v) is 8.63. The van der Waals surface area contributed by atoms with E-state index in [0.717, 1.165) is 0 Å². The maximum Gasteiger partial charge on any atom is 0.311 e. The first-order valence-electron chi connectivity index (χ1n) is 4.28. The van der Waals surface area contributed by atoms with E-state index < -0.39 is 11.5 Å². The molecule has 0 aromatic carbocycles. The van der Waals surface area contributed by atoms with Crippen molar-refractivity contribution in [3.8, 4) is 0 Å². The Labute approximate surface area is 82.2 Å². The molecule has 0 spiro atoms. The van der Waals surface area contributed by atoms with Gasteiger partial charge in [0, 0.05) is 5.75 Å². The molecule has 1 unspecified atom stereocenters. The van der Waals surface area contributed by atoms with Crippen molar-refractivity contribution in [3.05, 3.63) is 11.5 Å². The van der Waals surface area contributed by atoms with Crippen LogP contribution in [-0.2, 0) is 9.53 Å². The van der Waals surface area contributed by atoms with Gasteiger partial charge in [-0.2, -0.15) is 0 Å². The Morgan fingerprint density at radius 2 is 2.54 bits per heavy atom. The molecule has 1 aliphatic rings. The first kappa shape index (κ1) is 10.6. The number of thioether (sulfide) groups is 1. The molecule has 74 valence electrons. The van der Waals surface area contributed by atoms with Crippen LogP contribution in [0.1, 0.15) is 13.8 Å². The number of esters is 1. The van der Waals surface area contributed by atoms with Crippen LogP contribution in [-0.4, -0.2) is 29.0 Å². The predicted molar refractivity (Wildman–Crippen MR) is 52.3 cm³/mol. The highest BCUT2D eigenvalue weighted by molar-refractivity contribution is 8.02. The Bertz CT molecular complexity index is 227. The lowest BCUT2D eigenvalue weighted by Gasteiger charge is -2.25. The van der Waals surface area contributed by atoms with E-state index in [-0.39, 0.29) is 5.97 Å². The van der Waals surface area contributed by atoms with Crippen LogP contribution >= 0.6 is 11.8 Å². The molecule has 0 fully saturated rings. The van der Waals surface area contributed by atoms with Gasteiger partial charge in [0.15, 0.2) is 0 Å². The minimum absolute atomic E-state index is 0.336. The minimum Gasteiger partial charge on any atom is -0.466 e. The summed E-state index contributed by atoms with van der Waals surface area (Å²) in [4.78, 5) is 11.3. The van der Waals surface area contributed by atoms with Gasteiger partial charge in [0.1, 0.15) is 5.60 Å². The number of aliphatic hydroxyl groups is 1. The molecule has 1 rings (SSSR count). The number of ether oxygens (including phenoxy) is 1. The second-order valence-corrected chi connectivity index (χ2v) is 3.97. The fourth-order valence-electron chi connectivity index (χ4n) is 1.14. The topological polar surface area (TPSA) is 46.5 Å². The standard InChI is InChI=1S/C9H14O3S/c1-3-12-8(10)7(2)9(11)4-5-13-6-9/h4-5,7,11H,3,6H2,1-2H3/t7-,9?/m0/s1. The van der Waals surface area contributed by atoms with Gasteiger partial charge in [0.25, 0.3) is 0 Å². The Morgan fingerprint density at radius 1 is 1.85 bits per heavy atom. The molecule has 0 aromatic rings. The third-order valence-electron chi connectivity index (χ3n) is 2.16. The molecule has 3 nitrogen and oxygen atoms in total. The van der Waals surface area contributed by atoms with Gasteiger partial charge in [-0.3, -0.25) is 4.79 Å². The molecule has 13 heavy (non-hydrogen) atoms. The number of carbonyl (C=O) groups excluding carboxylic acids is 1. The molecule has 0 aromatic heterocycles. The summed E-state index contributed by atoms with van der Waals surface area (Å²) in [6.45, 7) is 3.80. The SMILES string of the molecule is CCOC(=O)[C@H](C)C1(O)C=CSC1. The normalized spacial score (nSPS) is 28.8. The molecule has 2 atom stereocenters. The zero-order chi connectivity index (χ0) is 9.90. The summed E-state index contributed by atoms with van der Waals surface area (Å²) in [7, 11) is 0. The summed E-state index contributed by atoms with van der Waals surface area (Å²) in [6, 6.07) is 0. The Morgan fingerprint density at radius 3 is 3.00 bits per heavy atom. The van der Waals surface area contributed by atoms with Crippen LogP contribution < -0.4 is 0 Å². The lowest BCUT2D eigenvalue weighted by atomic mass is 9.91. The fraction of sp³-hybridized carbons (Fsp3) is 0.667. The first-order chi connectivity index (χ1) is 6.10. The minimum atomic E-state index is -1.02. The Balaban J connectivity index is 2.60. The van der Waals surface area contributed by atoms with Gasteiger partial charge in [0.2, 0.25) is 0 Å². The van der Waals surface area contributed by atoms with E-state index in [1.807, 2.05) is 5.41 Å². The van der Waals surface area contributed by atoms with E-state index in [4.69, 9.17) is 4.74 Å². The van der Waals surface area contributed by atoms with E-state index >= 15 is 0 Å². The molecule has 1 aliphatic heterocycles. The molecule has 0 aliphatic carbocycles. The fourth-order valence-corrected chi connectivity index (χ4v) is 2.18. The zero-order valence-electron chi connectivity index (χ0n) is 7.82. The van der Waals surface area contributed by atoms with Crippen LogP contribution in [0, 0.1) is 5.92 Å². The highest BCUT2D eigenvalue weighted by atomic mass is 32.2. The van der Waals surface area contributed by atoms with Crippen LogP contribution in [0.25, 0.3) is 0 Å². The molecular formula is C9H14O3S. The Hall–Kier alpha value is -0.480. The van der Waals surface area contributed by atoms with Crippen LogP contribution in [0.2, 0.25) is 0 Å². The van der Waals surface area contributed by atoms with Crippen molar-refractivity contribution in [2.45, 2.75) is 19.4 Å². The number of hydrogen-bond donors (Lipinski definition) is 1. The highest BCUT2D eigenvalue weighted by Crippen LogP contribution is 2.31. The van der Waals surface area contributed by atoms with Gasteiger partial charge in [0.05, 0.1) is 12.5 Å². The van der Waals surface area contributed by atoms with Crippen LogP contribution in [0.4, 0.5) is 0 Å². The van der Waals surface area contributed by atoms with Gasteiger partial charge in [-0.15, -0.1) is 11.8 Å². The maximum atomic E-state index is 11.3. The van der Waals surface area contributed by atoms with E-state index in [1.165, 1.54) is 11.8 Å². The highest BCUT2D eigenvalue weighted by Gasteiger charge is 2.38. The average molecular weight is 202 g/mol. The van der Waals surface area contributed by atoms with Gasteiger partial charge in [-0.25, -0.2) is 0 Å². The summed E-state index contributed by atoms with van der Waals surface area (Å²) in [5.74, 6) is -0.289. The second kappa shape index (κ2) is 4.15. The Kier molecular flexibility index (Phi) is 3.39. The van der Waals surface area contributed by atoms with Crippen molar-refractivity contribution in [2.24, 2.45) is 5.92 Å². The molecule has 0 bridgehead atoms. The number of rotatable bonds is 3. The quantitative estimate of drug-likeness (QED) is 0.698.